The van der Waals surface area contributed by atoms with Gasteiger partial charge in [0, 0.05) is 19.8 Å². The molecule has 0 fully saturated rings. The summed E-state index contributed by atoms with van der Waals surface area (Å²) in [4.78, 5) is 11.8. The first-order valence-electron chi connectivity index (χ1n) is 6.07. The number of nitrogens with one attached hydrogen (secondary N) is 1. The zero-order valence-corrected chi connectivity index (χ0v) is 10.5. The van der Waals surface area contributed by atoms with Gasteiger partial charge in [-0.05, 0) is 24.5 Å². The van der Waals surface area contributed by atoms with Gasteiger partial charge in [-0.3, -0.25) is 9.48 Å². The molecule has 1 aromatic carbocycles. The van der Waals surface area contributed by atoms with E-state index in [0.717, 1.165) is 12.8 Å². The number of carbonyl (C=O) groups is 1. The number of aromatic nitrogens is 2. The van der Waals surface area contributed by atoms with Crippen molar-refractivity contribution in [3.8, 4) is 0 Å². The van der Waals surface area contributed by atoms with Gasteiger partial charge in [0.1, 0.15) is 5.69 Å². The van der Waals surface area contributed by atoms with Crippen LogP contribution in [0.4, 0.5) is 0 Å². The summed E-state index contributed by atoms with van der Waals surface area (Å²) in [6, 6.07) is 12.0. The van der Waals surface area contributed by atoms with Crippen molar-refractivity contribution in [1.82, 2.24) is 15.1 Å². The van der Waals surface area contributed by atoms with E-state index in [1.807, 2.05) is 18.2 Å². The summed E-state index contributed by atoms with van der Waals surface area (Å²) < 4.78 is 1.58. The van der Waals surface area contributed by atoms with Crippen LogP contribution in [-0.4, -0.2) is 22.2 Å². The molecule has 18 heavy (non-hydrogen) atoms. The predicted octanol–water partition coefficient (Wildman–Crippen LogP) is 1.78. The molecule has 0 unspecified atom stereocenters. The van der Waals surface area contributed by atoms with Crippen LogP contribution in [0.3, 0.4) is 0 Å². The molecule has 4 heteroatoms. The minimum absolute atomic E-state index is 0.0666. The molecule has 1 N–H and O–H groups in total. The monoisotopic (exact) mass is 243 g/mol. The molecule has 0 atom stereocenters. The van der Waals surface area contributed by atoms with Crippen molar-refractivity contribution in [3.63, 3.8) is 0 Å². The van der Waals surface area contributed by atoms with Gasteiger partial charge >= 0.3 is 0 Å². The standard InChI is InChI=1S/C14H17N3O/c1-17-13(9-11-16-17)14(18)15-10-5-8-12-6-3-2-4-7-12/h2-4,6-7,9,11H,5,8,10H2,1H3,(H,15,18). The molecular weight excluding hydrogens is 226 g/mol. The number of hydrogen-bond acceptors (Lipinski definition) is 2. The lowest BCUT2D eigenvalue weighted by Crippen LogP contribution is -2.26. The van der Waals surface area contributed by atoms with Crippen molar-refractivity contribution in [2.24, 2.45) is 7.05 Å². The van der Waals surface area contributed by atoms with Crippen molar-refractivity contribution in [1.29, 1.82) is 0 Å². The van der Waals surface area contributed by atoms with Crippen LogP contribution in [0.15, 0.2) is 42.6 Å². The van der Waals surface area contributed by atoms with Gasteiger partial charge in [0.2, 0.25) is 0 Å². The maximum Gasteiger partial charge on any atom is 0.269 e. The first kappa shape index (κ1) is 12.4. The zero-order valence-electron chi connectivity index (χ0n) is 10.5. The van der Waals surface area contributed by atoms with Gasteiger partial charge in [-0.2, -0.15) is 5.10 Å². The molecule has 0 aliphatic heterocycles. The smallest absolute Gasteiger partial charge is 0.269 e. The normalized spacial score (nSPS) is 10.3. The molecule has 0 aliphatic carbocycles. The Hall–Kier alpha value is -2.10. The number of rotatable bonds is 5. The molecular formula is C14H17N3O. The molecule has 0 radical (unpaired) electrons. The number of nitrogens with zero attached hydrogens (tertiary/aromatic N) is 2. The van der Waals surface area contributed by atoms with E-state index in [4.69, 9.17) is 0 Å². The fourth-order valence-electron chi connectivity index (χ4n) is 1.83. The Morgan fingerprint density at radius 2 is 2.06 bits per heavy atom. The Balaban J connectivity index is 1.73. The quantitative estimate of drug-likeness (QED) is 0.814. The average Bonchev–Trinajstić information content (AvgIpc) is 2.82. The SMILES string of the molecule is Cn1nccc1C(=O)NCCCc1ccccc1. The Labute approximate surface area is 107 Å². The van der Waals surface area contributed by atoms with E-state index in [1.54, 1.807) is 24.0 Å². The molecule has 2 rings (SSSR count). The Morgan fingerprint density at radius 3 is 2.72 bits per heavy atom. The van der Waals surface area contributed by atoms with Crippen LogP contribution in [0, 0.1) is 0 Å². The van der Waals surface area contributed by atoms with Crippen LogP contribution >= 0.6 is 0 Å². The van der Waals surface area contributed by atoms with Crippen molar-refractivity contribution in [2.45, 2.75) is 12.8 Å². The maximum atomic E-state index is 11.8. The molecule has 94 valence electrons. The molecule has 1 aromatic heterocycles. The lowest BCUT2D eigenvalue weighted by Gasteiger charge is -2.05. The summed E-state index contributed by atoms with van der Waals surface area (Å²) >= 11 is 0. The Morgan fingerprint density at radius 1 is 1.28 bits per heavy atom. The number of hydrogen-bond donors (Lipinski definition) is 1. The fourth-order valence-corrected chi connectivity index (χ4v) is 1.83. The first-order valence-corrected chi connectivity index (χ1v) is 6.07. The summed E-state index contributed by atoms with van der Waals surface area (Å²) in [6.45, 7) is 0.679. The second kappa shape index (κ2) is 6.00. The van der Waals surface area contributed by atoms with Crippen LogP contribution in [0.1, 0.15) is 22.5 Å². The average molecular weight is 243 g/mol. The highest BCUT2D eigenvalue weighted by Gasteiger charge is 2.08. The Kier molecular flexibility index (Phi) is 4.12. The predicted molar refractivity (Wildman–Crippen MR) is 70.3 cm³/mol. The molecule has 0 spiro atoms. The molecule has 0 saturated carbocycles. The van der Waals surface area contributed by atoms with Gasteiger partial charge < -0.3 is 5.32 Å². The molecule has 1 amide bonds. The highest BCUT2D eigenvalue weighted by molar-refractivity contribution is 5.92. The highest BCUT2D eigenvalue weighted by Crippen LogP contribution is 2.02. The molecule has 1 heterocycles. The largest absolute Gasteiger partial charge is 0.351 e. The number of aryl methyl sites for hydroxylation is 2. The van der Waals surface area contributed by atoms with Gasteiger partial charge in [0.15, 0.2) is 0 Å². The summed E-state index contributed by atoms with van der Waals surface area (Å²) in [5.41, 5.74) is 1.89. The summed E-state index contributed by atoms with van der Waals surface area (Å²) in [5.74, 6) is -0.0666. The Bertz CT molecular complexity index is 505. The van der Waals surface area contributed by atoms with E-state index in [2.05, 4.69) is 22.5 Å². The third-order valence-corrected chi connectivity index (χ3v) is 2.82. The van der Waals surface area contributed by atoms with Gasteiger partial charge in [-0.15, -0.1) is 0 Å². The van der Waals surface area contributed by atoms with Gasteiger partial charge in [-0.1, -0.05) is 30.3 Å². The highest BCUT2D eigenvalue weighted by atomic mass is 16.2. The molecule has 2 aromatic rings. The van der Waals surface area contributed by atoms with E-state index in [0.29, 0.717) is 12.2 Å². The van der Waals surface area contributed by atoms with Crippen molar-refractivity contribution in [3.05, 3.63) is 53.9 Å². The first-order chi connectivity index (χ1) is 8.77. The summed E-state index contributed by atoms with van der Waals surface area (Å²) in [7, 11) is 1.76. The second-order valence-corrected chi connectivity index (χ2v) is 4.19. The van der Waals surface area contributed by atoms with Gasteiger partial charge in [-0.25, -0.2) is 0 Å². The van der Waals surface area contributed by atoms with Gasteiger partial charge in [0.05, 0.1) is 0 Å². The van der Waals surface area contributed by atoms with Gasteiger partial charge in [0.25, 0.3) is 5.91 Å². The maximum absolute atomic E-state index is 11.8. The van der Waals surface area contributed by atoms with Crippen LogP contribution in [0.5, 0.6) is 0 Å². The van der Waals surface area contributed by atoms with E-state index in [-0.39, 0.29) is 5.91 Å². The van der Waals surface area contributed by atoms with Crippen LogP contribution in [0.2, 0.25) is 0 Å². The lowest BCUT2D eigenvalue weighted by molar-refractivity contribution is 0.0944. The molecule has 0 saturated heterocycles. The number of carbonyl (C=O) groups excluding carboxylic acids is 1. The third kappa shape index (κ3) is 3.20. The molecule has 0 aliphatic rings. The minimum Gasteiger partial charge on any atom is -0.351 e. The van der Waals surface area contributed by atoms with Crippen molar-refractivity contribution >= 4 is 5.91 Å². The number of benzene rings is 1. The minimum atomic E-state index is -0.0666. The molecule has 4 nitrogen and oxygen atoms in total. The van der Waals surface area contributed by atoms with E-state index in [1.165, 1.54) is 5.56 Å². The van der Waals surface area contributed by atoms with Crippen LogP contribution < -0.4 is 5.32 Å². The van der Waals surface area contributed by atoms with E-state index in [9.17, 15) is 4.79 Å². The summed E-state index contributed by atoms with van der Waals surface area (Å²) in [6.07, 6.45) is 3.54. The molecule has 0 bridgehead atoms. The zero-order chi connectivity index (χ0) is 12.8. The fraction of sp³-hybridized carbons (Fsp3) is 0.286. The topological polar surface area (TPSA) is 46.9 Å². The van der Waals surface area contributed by atoms with Crippen LogP contribution in [-0.2, 0) is 13.5 Å². The van der Waals surface area contributed by atoms with Crippen LogP contribution in [0.25, 0.3) is 0 Å². The summed E-state index contributed by atoms with van der Waals surface area (Å²) in [5, 5.41) is 6.87. The van der Waals surface area contributed by atoms with Crippen molar-refractivity contribution in [2.75, 3.05) is 6.54 Å². The second-order valence-electron chi connectivity index (χ2n) is 4.19. The van der Waals surface area contributed by atoms with E-state index < -0.39 is 0 Å². The van der Waals surface area contributed by atoms with Crippen molar-refractivity contribution < 1.29 is 4.79 Å². The lowest BCUT2D eigenvalue weighted by atomic mass is 10.1. The van der Waals surface area contributed by atoms with E-state index >= 15 is 0 Å². The number of amides is 1. The third-order valence-electron chi connectivity index (χ3n) is 2.82.